The Balaban J connectivity index is 2.08. The predicted octanol–water partition coefficient (Wildman–Crippen LogP) is 4.37. The quantitative estimate of drug-likeness (QED) is 0.634. The third-order valence-corrected chi connectivity index (χ3v) is 6.01. The van der Waals surface area contributed by atoms with Crippen LogP contribution in [0.25, 0.3) is 0 Å². The highest BCUT2D eigenvalue weighted by molar-refractivity contribution is 9.10. The van der Waals surface area contributed by atoms with E-state index in [0.29, 0.717) is 34.8 Å². The highest BCUT2D eigenvalue weighted by atomic mass is 79.9. The number of carbonyl (C=O) groups is 1. The molecule has 0 spiro atoms. The van der Waals surface area contributed by atoms with Crippen LogP contribution in [-0.2, 0) is 17.9 Å². The number of carbonyl (C=O) groups excluding carboxylic acids is 1. The molecule has 1 aliphatic heterocycles. The second-order valence-corrected chi connectivity index (χ2v) is 8.00. The highest BCUT2D eigenvalue weighted by Gasteiger charge is 2.34. The van der Waals surface area contributed by atoms with Gasteiger partial charge < -0.3 is 14.0 Å². The topological polar surface area (TPSA) is 57.5 Å². The summed E-state index contributed by atoms with van der Waals surface area (Å²) in [7, 11) is 1.63. The minimum Gasteiger partial charge on any atom is -0.483 e. The SMILES string of the molecule is COC1CC(C(C)C)Cn2c(C=O)c(OCc3ccccc3)c(=O)c(Br)c21. The third kappa shape index (κ3) is 3.87. The Hall–Kier alpha value is -1.92. The molecule has 0 saturated carbocycles. The number of nitrogens with zero attached hydrogens (tertiary/aromatic N) is 1. The molecule has 1 aromatic carbocycles. The fourth-order valence-electron chi connectivity index (χ4n) is 3.59. The van der Waals surface area contributed by atoms with E-state index in [2.05, 4.69) is 29.8 Å². The van der Waals surface area contributed by atoms with E-state index in [1.54, 1.807) is 7.11 Å². The summed E-state index contributed by atoms with van der Waals surface area (Å²) >= 11 is 3.44. The van der Waals surface area contributed by atoms with Crippen LogP contribution in [0.2, 0.25) is 0 Å². The smallest absolute Gasteiger partial charge is 0.238 e. The van der Waals surface area contributed by atoms with Gasteiger partial charge in [0.25, 0.3) is 0 Å². The van der Waals surface area contributed by atoms with Crippen LogP contribution in [0, 0.1) is 11.8 Å². The van der Waals surface area contributed by atoms with Crippen molar-refractivity contribution >= 4 is 22.2 Å². The van der Waals surface area contributed by atoms with Crippen molar-refractivity contribution in [3.63, 3.8) is 0 Å². The Morgan fingerprint density at radius 1 is 1.30 bits per heavy atom. The molecule has 5 nitrogen and oxygen atoms in total. The molecule has 6 heteroatoms. The molecule has 3 rings (SSSR count). The Morgan fingerprint density at radius 3 is 2.59 bits per heavy atom. The number of benzene rings is 1. The molecule has 0 aliphatic carbocycles. The molecule has 144 valence electrons. The minimum atomic E-state index is -0.315. The molecule has 1 aliphatic rings. The number of aromatic nitrogens is 1. The van der Waals surface area contributed by atoms with Gasteiger partial charge >= 0.3 is 0 Å². The molecule has 0 bridgehead atoms. The summed E-state index contributed by atoms with van der Waals surface area (Å²) in [5.41, 5.74) is 1.61. The summed E-state index contributed by atoms with van der Waals surface area (Å²) < 4.78 is 13.8. The molecule has 0 fully saturated rings. The van der Waals surface area contributed by atoms with Crippen molar-refractivity contribution in [3.8, 4) is 5.75 Å². The molecule has 0 radical (unpaired) electrons. The number of halogens is 1. The van der Waals surface area contributed by atoms with Crippen LogP contribution in [0.3, 0.4) is 0 Å². The Bertz CT molecular complexity index is 876. The number of ether oxygens (including phenoxy) is 2. The van der Waals surface area contributed by atoms with Crippen LogP contribution in [-0.4, -0.2) is 18.0 Å². The van der Waals surface area contributed by atoms with Crippen LogP contribution in [0.5, 0.6) is 5.75 Å². The van der Waals surface area contributed by atoms with Crippen molar-refractivity contribution in [1.29, 1.82) is 0 Å². The van der Waals surface area contributed by atoms with Crippen molar-refractivity contribution < 1.29 is 14.3 Å². The van der Waals surface area contributed by atoms with E-state index in [1.165, 1.54) is 0 Å². The number of pyridine rings is 1. The summed E-state index contributed by atoms with van der Waals surface area (Å²) in [5, 5.41) is 0. The van der Waals surface area contributed by atoms with Crippen molar-refractivity contribution in [2.24, 2.45) is 11.8 Å². The van der Waals surface area contributed by atoms with Gasteiger partial charge in [-0.15, -0.1) is 0 Å². The number of hydrogen-bond donors (Lipinski definition) is 0. The second kappa shape index (κ2) is 8.40. The van der Waals surface area contributed by atoms with Crippen LogP contribution in [0.4, 0.5) is 0 Å². The van der Waals surface area contributed by atoms with E-state index in [-0.39, 0.29) is 29.6 Å². The molecule has 0 N–H and O–H groups in total. The van der Waals surface area contributed by atoms with Gasteiger partial charge in [0.1, 0.15) is 12.3 Å². The Labute approximate surface area is 167 Å². The summed E-state index contributed by atoms with van der Waals surface area (Å²) in [6.45, 7) is 5.20. The zero-order chi connectivity index (χ0) is 19.6. The molecule has 1 aromatic heterocycles. The molecule has 2 atom stereocenters. The first-order valence-electron chi connectivity index (χ1n) is 9.08. The average Bonchev–Trinajstić information content (AvgIpc) is 2.69. The van der Waals surface area contributed by atoms with Crippen molar-refractivity contribution in [1.82, 2.24) is 4.57 Å². The number of hydrogen-bond acceptors (Lipinski definition) is 4. The number of aldehydes is 1. The third-order valence-electron chi connectivity index (χ3n) is 5.25. The van der Waals surface area contributed by atoms with Crippen molar-refractivity contribution in [2.75, 3.05) is 7.11 Å². The maximum atomic E-state index is 12.9. The molecular formula is C21H24BrNO4. The van der Waals surface area contributed by atoms with E-state index in [4.69, 9.17) is 9.47 Å². The molecule has 0 amide bonds. The number of rotatable bonds is 6. The maximum absolute atomic E-state index is 12.9. The van der Waals surface area contributed by atoms with E-state index in [0.717, 1.165) is 12.0 Å². The van der Waals surface area contributed by atoms with Crippen LogP contribution >= 0.6 is 15.9 Å². The second-order valence-electron chi connectivity index (χ2n) is 7.21. The van der Waals surface area contributed by atoms with E-state index >= 15 is 0 Å². The lowest BCUT2D eigenvalue weighted by molar-refractivity contribution is 0.0426. The van der Waals surface area contributed by atoms with Crippen LogP contribution in [0.15, 0.2) is 39.6 Å². The van der Waals surface area contributed by atoms with Crippen molar-refractivity contribution in [3.05, 3.63) is 62.0 Å². The van der Waals surface area contributed by atoms with Crippen molar-refractivity contribution in [2.45, 2.75) is 39.5 Å². The first kappa shape index (κ1) is 19.8. The standard InChI is InChI=1S/C21H24BrNO4/c1-13(2)15-9-17(26-3)19-18(22)20(25)21(16(11-24)23(19)10-15)27-12-14-7-5-4-6-8-14/h4-8,11,13,15,17H,9-10,12H2,1-3H3. The Morgan fingerprint density at radius 2 is 2.00 bits per heavy atom. The van der Waals surface area contributed by atoms with Gasteiger partial charge in [0.15, 0.2) is 12.0 Å². The lowest BCUT2D eigenvalue weighted by Crippen LogP contribution is -2.34. The van der Waals surface area contributed by atoms with E-state index in [1.807, 2.05) is 34.9 Å². The molecule has 27 heavy (non-hydrogen) atoms. The van der Waals surface area contributed by atoms with Gasteiger partial charge in [-0.1, -0.05) is 44.2 Å². The van der Waals surface area contributed by atoms with Gasteiger partial charge in [0.05, 0.1) is 16.3 Å². The highest BCUT2D eigenvalue weighted by Crippen LogP contribution is 2.39. The number of fused-ring (bicyclic) bond motifs is 1. The van der Waals surface area contributed by atoms with Gasteiger partial charge in [-0.05, 0) is 39.8 Å². The van der Waals surface area contributed by atoms with Gasteiger partial charge in [-0.25, -0.2) is 0 Å². The molecule has 2 unspecified atom stereocenters. The fourth-order valence-corrected chi connectivity index (χ4v) is 4.24. The minimum absolute atomic E-state index is 0.0868. The first-order chi connectivity index (χ1) is 13.0. The predicted molar refractivity (Wildman–Crippen MR) is 107 cm³/mol. The lowest BCUT2D eigenvalue weighted by atomic mass is 9.85. The maximum Gasteiger partial charge on any atom is 0.238 e. The molecule has 0 saturated heterocycles. The fraction of sp³-hybridized carbons (Fsp3) is 0.429. The monoisotopic (exact) mass is 433 g/mol. The summed E-state index contributed by atoms with van der Waals surface area (Å²) in [5.74, 6) is 0.864. The zero-order valence-corrected chi connectivity index (χ0v) is 17.4. The molecular weight excluding hydrogens is 410 g/mol. The van der Waals surface area contributed by atoms with Gasteiger partial charge in [-0.3, -0.25) is 9.59 Å². The van der Waals surface area contributed by atoms with Gasteiger partial charge in [0.2, 0.25) is 5.43 Å². The lowest BCUT2D eigenvalue weighted by Gasteiger charge is -2.36. The Kier molecular flexibility index (Phi) is 6.17. The molecule has 2 heterocycles. The first-order valence-corrected chi connectivity index (χ1v) is 9.88. The van der Waals surface area contributed by atoms with Gasteiger partial charge in [-0.2, -0.15) is 0 Å². The average molecular weight is 434 g/mol. The summed E-state index contributed by atoms with van der Waals surface area (Å²) in [6, 6.07) is 9.57. The zero-order valence-electron chi connectivity index (χ0n) is 15.8. The number of methoxy groups -OCH3 is 1. The van der Waals surface area contributed by atoms with E-state index < -0.39 is 0 Å². The van der Waals surface area contributed by atoms with Crippen LogP contribution < -0.4 is 10.2 Å². The van der Waals surface area contributed by atoms with Gasteiger partial charge in [0, 0.05) is 13.7 Å². The van der Waals surface area contributed by atoms with Crippen LogP contribution in [0.1, 0.15) is 48.1 Å². The molecule has 2 aromatic rings. The largest absolute Gasteiger partial charge is 0.483 e. The normalized spacial score (nSPS) is 19.0. The van der Waals surface area contributed by atoms with E-state index in [9.17, 15) is 9.59 Å². The summed E-state index contributed by atoms with van der Waals surface area (Å²) in [4.78, 5) is 24.9. The summed E-state index contributed by atoms with van der Waals surface area (Å²) in [6.07, 6.45) is 1.29.